The summed E-state index contributed by atoms with van der Waals surface area (Å²) in [6.07, 6.45) is 2.14. The van der Waals surface area contributed by atoms with E-state index in [9.17, 15) is 5.26 Å². The molecule has 0 aliphatic rings. The molecule has 0 N–H and O–H groups in total. The normalized spacial score (nSPS) is 10.4. The summed E-state index contributed by atoms with van der Waals surface area (Å²) in [5.74, 6) is 0.827. The lowest BCUT2D eigenvalue weighted by Gasteiger charge is -2.19. The zero-order valence-corrected chi connectivity index (χ0v) is 13.1. The van der Waals surface area contributed by atoms with Gasteiger partial charge in [-0.1, -0.05) is 13.3 Å². The van der Waals surface area contributed by atoms with Gasteiger partial charge in [0.1, 0.15) is 11.8 Å². The molecule has 0 radical (unpaired) electrons. The van der Waals surface area contributed by atoms with Crippen molar-refractivity contribution in [2.75, 3.05) is 25.6 Å². The van der Waals surface area contributed by atoms with Gasteiger partial charge in [-0.3, -0.25) is 4.98 Å². The van der Waals surface area contributed by atoms with Crippen molar-refractivity contribution in [3.05, 3.63) is 29.5 Å². The number of hydrogen-bond donors (Lipinski definition) is 0. The van der Waals surface area contributed by atoms with E-state index in [4.69, 9.17) is 4.74 Å². The van der Waals surface area contributed by atoms with Crippen molar-refractivity contribution >= 4 is 16.6 Å². The molecule has 0 unspecified atom stereocenters. The van der Waals surface area contributed by atoms with E-state index in [0.717, 1.165) is 40.9 Å². The second-order valence-corrected chi connectivity index (χ2v) is 5.31. The molecule has 0 spiro atoms. The zero-order valence-electron chi connectivity index (χ0n) is 13.1. The van der Waals surface area contributed by atoms with E-state index in [0.29, 0.717) is 12.2 Å². The molecule has 2 rings (SSSR count). The SMILES string of the molecule is CCCCOc1ccc2nc(C)c(C#N)c(N(C)C)c2c1. The molecule has 1 aromatic heterocycles. The van der Waals surface area contributed by atoms with Crippen LogP contribution in [0.1, 0.15) is 31.0 Å². The summed E-state index contributed by atoms with van der Waals surface area (Å²) in [5.41, 5.74) is 3.17. The van der Waals surface area contributed by atoms with E-state index in [1.165, 1.54) is 0 Å². The van der Waals surface area contributed by atoms with Crippen molar-refractivity contribution in [2.45, 2.75) is 26.7 Å². The quantitative estimate of drug-likeness (QED) is 0.786. The molecule has 0 amide bonds. The largest absolute Gasteiger partial charge is 0.494 e. The van der Waals surface area contributed by atoms with Crippen molar-refractivity contribution in [3.8, 4) is 11.8 Å². The molecule has 4 heteroatoms. The number of benzene rings is 1. The molecule has 0 saturated heterocycles. The van der Waals surface area contributed by atoms with Crippen LogP contribution in [0, 0.1) is 18.3 Å². The van der Waals surface area contributed by atoms with Gasteiger partial charge < -0.3 is 9.64 Å². The Bertz CT molecular complexity index is 686. The first-order valence-corrected chi connectivity index (χ1v) is 7.23. The Kier molecular flexibility index (Phi) is 4.64. The molecule has 1 aromatic carbocycles. The standard InChI is InChI=1S/C17H21N3O/c1-5-6-9-21-13-7-8-16-14(10-13)17(20(3)4)15(11-18)12(2)19-16/h7-8,10H,5-6,9H2,1-4H3. The molecule has 21 heavy (non-hydrogen) atoms. The summed E-state index contributed by atoms with van der Waals surface area (Å²) in [5, 5.41) is 10.4. The predicted octanol–water partition coefficient (Wildman–Crippen LogP) is 3.66. The van der Waals surface area contributed by atoms with Crippen LogP contribution in [-0.4, -0.2) is 25.7 Å². The number of ether oxygens (including phenoxy) is 1. The number of hydrogen-bond acceptors (Lipinski definition) is 4. The lowest BCUT2D eigenvalue weighted by atomic mass is 10.1. The summed E-state index contributed by atoms with van der Waals surface area (Å²) in [4.78, 5) is 6.49. The van der Waals surface area contributed by atoms with Gasteiger partial charge in [0.25, 0.3) is 0 Å². The number of nitrogens with zero attached hydrogens (tertiary/aromatic N) is 3. The maximum atomic E-state index is 9.40. The first-order chi connectivity index (χ1) is 10.1. The van der Waals surface area contributed by atoms with Gasteiger partial charge in [0.15, 0.2) is 0 Å². The maximum absolute atomic E-state index is 9.40. The number of rotatable bonds is 5. The minimum atomic E-state index is 0.623. The van der Waals surface area contributed by atoms with Gasteiger partial charge in [-0.25, -0.2) is 0 Å². The Morgan fingerprint density at radius 1 is 1.33 bits per heavy atom. The third-order valence-corrected chi connectivity index (χ3v) is 3.44. The molecule has 2 aromatic rings. The smallest absolute Gasteiger partial charge is 0.120 e. The van der Waals surface area contributed by atoms with Crippen molar-refractivity contribution < 1.29 is 4.74 Å². The van der Waals surface area contributed by atoms with Gasteiger partial charge in [-0.2, -0.15) is 5.26 Å². The first kappa shape index (κ1) is 15.1. The fourth-order valence-corrected chi connectivity index (χ4v) is 2.37. The Morgan fingerprint density at radius 3 is 2.71 bits per heavy atom. The molecule has 0 fully saturated rings. The first-order valence-electron chi connectivity index (χ1n) is 7.23. The van der Waals surface area contributed by atoms with Crippen LogP contribution < -0.4 is 9.64 Å². The van der Waals surface area contributed by atoms with Crippen molar-refractivity contribution in [1.29, 1.82) is 5.26 Å². The van der Waals surface area contributed by atoms with Crippen LogP contribution in [0.15, 0.2) is 18.2 Å². The third kappa shape index (κ3) is 3.08. The van der Waals surface area contributed by atoms with Crippen LogP contribution in [0.2, 0.25) is 0 Å². The van der Waals surface area contributed by atoms with Gasteiger partial charge >= 0.3 is 0 Å². The fourth-order valence-electron chi connectivity index (χ4n) is 2.37. The van der Waals surface area contributed by atoms with E-state index in [-0.39, 0.29) is 0 Å². The lowest BCUT2D eigenvalue weighted by molar-refractivity contribution is 0.310. The predicted molar refractivity (Wildman–Crippen MR) is 85.9 cm³/mol. The topological polar surface area (TPSA) is 49.1 Å². The highest BCUT2D eigenvalue weighted by Gasteiger charge is 2.14. The second kappa shape index (κ2) is 6.45. The molecule has 110 valence electrons. The summed E-state index contributed by atoms with van der Waals surface area (Å²) in [7, 11) is 3.89. The Morgan fingerprint density at radius 2 is 2.10 bits per heavy atom. The summed E-state index contributed by atoms with van der Waals surface area (Å²) >= 11 is 0. The van der Waals surface area contributed by atoms with Gasteiger partial charge in [-0.05, 0) is 31.5 Å². The molecule has 0 aliphatic carbocycles. The highest BCUT2D eigenvalue weighted by atomic mass is 16.5. The summed E-state index contributed by atoms with van der Waals surface area (Å²) in [6, 6.07) is 8.14. The molecular formula is C17H21N3O. The lowest BCUT2D eigenvalue weighted by Crippen LogP contribution is -2.12. The van der Waals surface area contributed by atoms with E-state index in [1.807, 2.05) is 44.1 Å². The van der Waals surface area contributed by atoms with Crippen LogP contribution >= 0.6 is 0 Å². The molecule has 0 atom stereocenters. The molecule has 0 saturated carbocycles. The van der Waals surface area contributed by atoms with Gasteiger partial charge in [-0.15, -0.1) is 0 Å². The second-order valence-electron chi connectivity index (χ2n) is 5.31. The summed E-state index contributed by atoms with van der Waals surface area (Å²) in [6.45, 7) is 4.72. The van der Waals surface area contributed by atoms with Gasteiger partial charge in [0.05, 0.1) is 29.1 Å². The molecule has 1 heterocycles. The van der Waals surface area contributed by atoms with E-state index in [1.54, 1.807) is 0 Å². The Hall–Kier alpha value is -2.28. The Balaban J connectivity index is 2.56. The van der Waals surface area contributed by atoms with Crippen molar-refractivity contribution in [2.24, 2.45) is 0 Å². The number of anilines is 1. The summed E-state index contributed by atoms with van der Waals surface area (Å²) < 4.78 is 5.76. The number of pyridine rings is 1. The number of fused-ring (bicyclic) bond motifs is 1. The molecule has 0 bridgehead atoms. The van der Waals surface area contributed by atoms with Crippen LogP contribution in [-0.2, 0) is 0 Å². The minimum Gasteiger partial charge on any atom is -0.494 e. The highest BCUT2D eigenvalue weighted by Crippen LogP contribution is 2.32. The number of aromatic nitrogens is 1. The maximum Gasteiger partial charge on any atom is 0.120 e. The van der Waals surface area contributed by atoms with E-state index >= 15 is 0 Å². The number of aryl methyl sites for hydroxylation is 1. The van der Waals surface area contributed by atoms with Crippen LogP contribution in [0.3, 0.4) is 0 Å². The number of unbranched alkanes of at least 4 members (excludes halogenated alkanes) is 1. The average Bonchev–Trinajstić information content (AvgIpc) is 2.46. The monoisotopic (exact) mass is 283 g/mol. The van der Waals surface area contributed by atoms with Gasteiger partial charge in [0.2, 0.25) is 0 Å². The average molecular weight is 283 g/mol. The van der Waals surface area contributed by atoms with Crippen LogP contribution in [0.25, 0.3) is 10.9 Å². The zero-order chi connectivity index (χ0) is 15.4. The van der Waals surface area contributed by atoms with E-state index in [2.05, 4.69) is 18.0 Å². The molecule has 4 nitrogen and oxygen atoms in total. The van der Waals surface area contributed by atoms with Crippen LogP contribution in [0.5, 0.6) is 5.75 Å². The minimum absolute atomic E-state index is 0.623. The van der Waals surface area contributed by atoms with Gasteiger partial charge in [0, 0.05) is 19.5 Å². The highest BCUT2D eigenvalue weighted by molar-refractivity contribution is 5.95. The fraction of sp³-hybridized carbons (Fsp3) is 0.412. The number of nitriles is 1. The molecular weight excluding hydrogens is 262 g/mol. The molecule has 0 aliphatic heterocycles. The van der Waals surface area contributed by atoms with E-state index < -0.39 is 0 Å². The Labute approximate surface area is 126 Å². The van der Waals surface area contributed by atoms with Crippen molar-refractivity contribution in [1.82, 2.24) is 4.98 Å². The third-order valence-electron chi connectivity index (χ3n) is 3.44. The van der Waals surface area contributed by atoms with Crippen molar-refractivity contribution in [3.63, 3.8) is 0 Å². The van der Waals surface area contributed by atoms with Crippen LogP contribution in [0.4, 0.5) is 5.69 Å².